The van der Waals surface area contributed by atoms with E-state index in [1.54, 1.807) is 4.90 Å². The Morgan fingerprint density at radius 2 is 2.00 bits per heavy atom. The summed E-state index contributed by atoms with van der Waals surface area (Å²) in [7, 11) is 0. The van der Waals surface area contributed by atoms with E-state index in [0.717, 1.165) is 38.0 Å². The zero-order valence-electron chi connectivity index (χ0n) is 11.0. The maximum atomic E-state index is 11.9. The van der Waals surface area contributed by atoms with Gasteiger partial charge in [-0.15, -0.1) is 0 Å². The van der Waals surface area contributed by atoms with E-state index in [-0.39, 0.29) is 6.09 Å². The van der Waals surface area contributed by atoms with Crippen molar-refractivity contribution in [1.29, 1.82) is 0 Å². The van der Waals surface area contributed by atoms with Crippen LogP contribution in [-0.4, -0.2) is 30.6 Å². The van der Waals surface area contributed by atoms with Crippen molar-refractivity contribution in [2.24, 2.45) is 11.8 Å². The van der Waals surface area contributed by atoms with Gasteiger partial charge >= 0.3 is 6.09 Å². The van der Waals surface area contributed by atoms with Crippen LogP contribution in [0.25, 0.3) is 0 Å². The minimum absolute atomic E-state index is 0.219. The van der Waals surface area contributed by atoms with Crippen LogP contribution < -0.4 is 11.3 Å². The number of piperidine rings is 1. The van der Waals surface area contributed by atoms with Gasteiger partial charge in [0.25, 0.3) is 0 Å². The van der Waals surface area contributed by atoms with Crippen molar-refractivity contribution < 1.29 is 9.53 Å². The van der Waals surface area contributed by atoms with Crippen molar-refractivity contribution in [3.63, 3.8) is 0 Å². The molecule has 1 saturated heterocycles. The average Bonchev–Trinajstić information content (AvgIpc) is 2.47. The second-order valence-corrected chi connectivity index (χ2v) is 4.88. The lowest BCUT2D eigenvalue weighted by molar-refractivity contribution is 0.0822. The molecule has 1 aromatic carbocycles. The monoisotopic (exact) mass is 263 g/mol. The number of nitrogens with zero attached hydrogens (tertiary/aromatic N) is 1. The molecule has 1 aliphatic rings. The molecule has 1 aromatic rings. The van der Waals surface area contributed by atoms with Crippen LogP contribution in [-0.2, 0) is 11.3 Å². The molecule has 5 heteroatoms. The van der Waals surface area contributed by atoms with Crippen LogP contribution in [0.2, 0.25) is 0 Å². The second kappa shape index (κ2) is 7.11. The summed E-state index contributed by atoms with van der Waals surface area (Å²) in [5, 5.41) is 0. The number of nitrogens with one attached hydrogen (secondary N) is 1. The Bertz CT molecular complexity index is 389. The van der Waals surface area contributed by atoms with Gasteiger partial charge in [0.2, 0.25) is 0 Å². The van der Waals surface area contributed by atoms with Gasteiger partial charge in [-0.2, -0.15) is 0 Å². The van der Waals surface area contributed by atoms with Gasteiger partial charge in [-0.25, -0.2) is 4.79 Å². The zero-order chi connectivity index (χ0) is 13.5. The van der Waals surface area contributed by atoms with E-state index >= 15 is 0 Å². The van der Waals surface area contributed by atoms with Crippen LogP contribution in [0.5, 0.6) is 0 Å². The highest BCUT2D eigenvalue weighted by Gasteiger charge is 2.23. The van der Waals surface area contributed by atoms with Crippen LogP contribution in [0.1, 0.15) is 18.4 Å². The van der Waals surface area contributed by atoms with E-state index in [1.807, 2.05) is 30.3 Å². The molecule has 1 heterocycles. The number of carbonyl (C=O) groups excluding carboxylic acids is 1. The molecule has 0 atom stereocenters. The van der Waals surface area contributed by atoms with E-state index in [9.17, 15) is 4.79 Å². The lowest BCUT2D eigenvalue weighted by Crippen LogP contribution is -2.41. The van der Waals surface area contributed by atoms with E-state index < -0.39 is 0 Å². The lowest BCUT2D eigenvalue weighted by atomic mass is 9.97. The van der Waals surface area contributed by atoms with Crippen LogP contribution in [0, 0.1) is 5.92 Å². The smallest absolute Gasteiger partial charge is 0.410 e. The first-order chi connectivity index (χ1) is 9.29. The van der Waals surface area contributed by atoms with Crippen molar-refractivity contribution in [2.45, 2.75) is 19.4 Å². The average molecular weight is 263 g/mol. The SMILES string of the molecule is NNCC1CCN(C(=O)OCc2ccccc2)CC1. The second-order valence-electron chi connectivity index (χ2n) is 4.88. The molecule has 0 bridgehead atoms. The van der Waals surface area contributed by atoms with Crippen LogP contribution in [0.3, 0.4) is 0 Å². The van der Waals surface area contributed by atoms with Crippen molar-refractivity contribution in [1.82, 2.24) is 10.3 Å². The number of rotatable bonds is 4. The molecule has 0 saturated carbocycles. The minimum Gasteiger partial charge on any atom is -0.445 e. The topological polar surface area (TPSA) is 67.6 Å². The third-order valence-electron chi connectivity index (χ3n) is 3.48. The molecule has 19 heavy (non-hydrogen) atoms. The Morgan fingerprint density at radius 1 is 1.32 bits per heavy atom. The maximum absolute atomic E-state index is 11.9. The molecule has 1 amide bonds. The molecule has 3 N–H and O–H groups in total. The summed E-state index contributed by atoms with van der Waals surface area (Å²) in [5.74, 6) is 5.87. The fourth-order valence-electron chi connectivity index (χ4n) is 2.30. The van der Waals surface area contributed by atoms with Crippen molar-refractivity contribution in [2.75, 3.05) is 19.6 Å². The standard InChI is InChI=1S/C14H21N3O2/c15-16-10-12-6-8-17(9-7-12)14(18)19-11-13-4-2-1-3-5-13/h1-5,12,16H,6-11,15H2. The maximum Gasteiger partial charge on any atom is 0.410 e. The van der Waals surface area contributed by atoms with Crippen molar-refractivity contribution in [3.05, 3.63) is 35.9 Å². The van der Waals surface area contributed by atoms with Gasteiger partial charge in [-0.3, -0.25) is 11.3 Å². The van der Waals surface area contributed by atoms with Crippen molar-refractivity contribution in [3.8, 4) is 0 Å². The Hall–Kier alpha value is -1.59. The number of benzene rings is 1. The number of nitrogens with two attached hydrogens (primary N) is 1. The van der Waals surface area contributed by atoms with E-state index in [2.05, 4.69) is 5.43 Å². The number of hydrazine groups is 1. The fourth-order valence-corrected chi connectivity index (χ4v) is 2.30. The first-order valence-corrected chi connectivity index (χ1v) is 6.68. The Morgan fingerprint density at radius 3 is 2.63 bits per heavy atom. The predicted octanol–water partition coefficient (Wildman–Crippen LogP) is 1.50. The third kappa shape index (κ3) is 4.22. The highest BCUT2D eigenvalue weighted by atomic mass is 16.6. The summed E-state index contributed by atoms with van der Waals surface area (Å²) in [4.78, 5) is 13.7. The molecule has 0 radical (unpaired) electrons. The van der Waals surface area contributed by atoms with Gasteiger partial charge in [0, 0.05) is 19.6 Å². The number of amides is 1. The largest absolute Gasteiger partial charge is 0.445 e. The zero-order valence-corrected chi connectivity index (χ0v) is 11.0. The number of likely N-dealkylation sites (tertiary alicyclic amines) is 1. The summed E-state index contributed by atoms with van der Waals surface area (Å²) in [6.07, 6.45) is 1.73. The van der Waals surface area contributed by atoms with Gasteiger partial charge in [0.15, 0.2) is 0 Å². The number of hydrogen-bond donors (Lipinski definition) is 2. The molecule has 5 nitrogen and oxygen atoms in total. The molecule has 0 spiro atoms. The molecule has 104 valence electrons. The van der Waals surface area contributed by atoms with Crippen LogP contribution >= 0.6 is 0 Å². The minimum atomic E-state index is -0.219. The summed E-state index contributed by atoms with van der Waals surface area (Å²) in [5.41, 5.74) is 3.71. The molecule has 1 aliphatic heterocycles. The first-order valence-electron chi connectivity index (χ1n) is 6.68. The molecular weight excluding hydrogens is 242 g/mol. The molecule has 2 rings (SSSR count). The van der Waals surface area contributed by atoms with E-state index in [0.29, 0.717) is 12.5 Å². The molecular formula is C14H21N3O2. The Labute approximate surface area is 113 Å². The van der Waals surface area contributed by atoms with Gasteiger partial charge in [0.1, 0.15) is 6.61 Å². The number of ether oxygens (including phenoxy) is 1. The van der Waals surface area contributed by atoms with Gasteiger partial charge in [-0.05, 0) is 24.3 Å². The fraction of sp³-hybridized carbons (Fsp3) is 0.500. The highest BCUT2D eigenvalue weighted by molar-refractivity contribution is 5.67. The van der Waals surface area contributed by atoms with Crippen LogP contribution in [0.15, 0.2) is 30.3 Å². The van der Waals surface area contributed by atoms with Crippen molar-refractivity contribution >= 4 is 6.09 Å². The molecule has 1 fully saturated rings. The summed E-state index contributed by atoms with van der Waals surface area (Å²) in [6.45, 7) is 2.65. The van der Waals surface area contributed by atoms with E-state index in [1.165, 1.54) is 0 Å². The molecule has 0 aliphatic carbocycles. The highest BCUT2D eigenvalue weighted by Crippen LogP contribution is 2.17. The van der Waals surface area contributed by atoms with E-state index in [4.69, 9.17) is 10.6 Å². The third-order valence-corrected chi connectivity index (χ3v) is 3.48. The molecule has 0 aromatic heterocycles. The lowest BCUT2D eigenvalue weighted by Gasteiger charge is -2.31. The number of hydrogen-bond acceptors (Lipinski definition) is 4. The van der Waals surface area contributed by atoms with Gasteiger partial charge in [0.05, 0.1) is 0 Å². The number of carbonyl (C=O) groups is 1. The summed E-state index contributed by atoms with van der Waals surface area (Å²) >= 11 is 0. The van der Waals surface area contributed by atoms with Gasteiger partial charge < -0.3 is 9.64 Å². The predicted molar refractivity (Wildman–Crippen MR) is 73.1 cm³/mol. The van der Waals surface area contributed by atoms with Gasteiger partial charge in [-0.1, -0.05) is 30.3 Å². The quantitative estimate of drug-likeness (QED) is 0.638. The Balaban J connectivity index is 1.73. The van der Waals surface area contributed by atoms with Crippen LogP contribution in [0.4, 0.5) is 4.79 Å². The summed E-state index contributed by atoms with van der Waals surface area (Å²) < 4.78 is 5.31. The first kappa shape index (κ1) is 13.8. The summed E-state index contributed by atoms with van der Waals surface area (Å²) in [6, 6.07) is 9.73. The Kier molecular flexibility index (Phi) is 5.18. The normalized spacial score (nSPS) is 16.4. The molecule has 0 unspecified atom stereocenters.